The van der Waals surface area contributed by atoms with Gasteiger partial charge >= 0.3 is 0 Å². The zero-order valence-corrected chi connectivity index (χ0v) is 13.6. The van der Waals surface area contributed by atoms with Gasteiger partial charge in [0, 0.05) is 11.8 Å². The van der Waals surface area contributed by atoms with Gasteiger partial charge in [-0.2, -0.15) is 0 Å². The molecule has 1 aromatic carbocycles. The Bertz CT molecular complexity index is 719. The van der Waals surface area contributed by atoms with Crippen LogP contribution in [0.3, 0.4) is 0 Å². The number of nitrogens with one attached hydrogen (secondary N) is 1. The van der Waals surface area contributed by atoms with Gasteiger partial charge in [0.05, 0.1) is 12.2 Å². The number of aryl methyl sites for hydroxylation is 2. The predicted molar refractivity (Wildman–Crippen MR) is 90.6 cm³/mol. The van der Waals surface area contributed by atoms with Gasteiger partial charge in [-0.05, 0) is 43.2 Å². The average Bonchev–Trinajstić information content (AvgIpc) is 2.55. The Balaban J connectivity index is 1.96. The maximum absolute atomic E-state index is 12.1. The van der Waals surface area contributed by atoms with Crippen LogP contribution < -0.4 is 15.8 Å². The molecule has 0 unspecified atom stereocenters. The van der Waals surface area contributed by atoms with Gasteiger partial charge in [-0.3, -0.25) is 0 Å². The molecule has 128 valence electrons. The number of aliphatic imine (C=N–C) groups is 1. The average molecular weight is 334 g/mol. The number of anilines is 1. The molecule has 2 aromatic rings. The highest BCUT2D eigenvalue weighted by molar-refractivity contribution is 5.92. The van der Waals surface area contributed by atoms with Crippen molar-refractivity contribution in [3.63, 3.8) is 0 Å². The van der Waals surface area contributed by atoms with Gasteiger partial charge in [0.15, 0.2) is 12.6 Å². The summed E-state index contributed by atoms with van der Waals surface area (Å²) in [5.74, 6) is 0.391. The zero-order valence-electron chi connectivity index (χ0n) is 13.6. The third-order valence-corrected chi connectivity index (χ3v) is 3.33. The fourth-order valence-corrected chi connectivity index (χ4v) is 1.95. The van der Waals surface area contributed by atoms with Crippen LogP contribution in [0.1, 0.15) is 16.8 Å². The molecule has 0 fully saturated rings. The summed E-state index contributed by atoms with van der Waals surface area (Å²) >= 11 is 0. The zero-order chi connectivity index (χ0) is 17.5. The molecule has 0 amide bonds. The lowest BCUT2D eigenvalue weighted by molar-refractivity contribution is 0.0795. The van der Waals surface area contributed by atoms with Crippen molar-refractivity contribution in [2.24, 2.45) is 10.7 Å². The second-order valence-electron chi connectivity index (χ2n) is 5.29. The molecular formula is C17H20F2N4O. The van der Waals surface area contributed by atoms with Crippen LogP contribution in [-0.4, -0.2) is 24.0 Å². The van der Waals surface area contributed by atoms with Crippen molar-refractivity contribution in [1.82, 2.24) is 4.98 Å². The Morgan fingerprint density at radius 2 is 2.04 bits per heavy atom. The van der Waals surface area contributed by atoms with E-state index in [1.807, 2.05) is 32.0 Å². The van der Waals surface area contributed by atoms with Gasteiger partial charge in [0.1, 0.15) is 0 Å². The lowest BCUT2D eigenvalue weighted by Gasteiger charge is -2.08. The summed E-state index contributed by atoms with van der Waals surface area (Å²) in [7, 11) is 0. The molecule has 2 rings (SSSR count). The van der Waals surface area contributed by atoms with Crippen LogP contribution in [-0.2, 0) is 6.54 Å². The Hall–Kier alpha value is -2.70. The SMILES string of the molecule is Cc1ccc(NC(N)=NCc2cccc(OCC(F)F)n2)cc1C. The van der Waals surface area contributed by atoms with Crippen molar-refractivity contribution in [2.45, 2.75) is 26.8 Å². The summed E-state index contributed by atoms with van der Waals surface area (Å²) in [4.78, 5) is 8.30. The van der Waals surface area contributed by atoms with Gasteiger partial charge in [-0.15, -0.1) is 0 Å². The molecule has 5 nitrogen and oxygen atoms in total. The fraction of sp³-hybridized carbons (Fsp3) is 0.294. The topological polar surface area (TPSA) is 72.5 Å². The molecule has 0 aliphatic carbocycles. The number of nitrogens with zero attached hydrogens (tertiary/aromatic N) is 2. The number of halogens is 2. The van der Waals surface area contributed by atoms with Gasteiger partial charge in [0.25, 0.3) is 6.43 Å². The molecule has 0 atom stereocenters. The van der Waals surface area contributed by atoms with Crippen LogP contribution in [0.2, 0.25) is 0 Å². The molecular weight excluding hydrogens is 314 g/mol. The first-order chi connectivity index (χ1) is 11.4. The van der Waals surface area contributed by atoms with E-state index >= 15 is 0 Å². The summed E-state index contributed by atoms with van der Waals surface area (Å²) in [6, 6.07) is 10.8. The summed E-state index contributed by atoms with van der Waals surface area (Å²) in [6.07, 6.45) is -2.54. The first-order valence-corrected chi connectivity index (χ1v) is 7.45. The van der Waals surface area contributed by atoms with Crippen LogP contribution >= 0.6 is 0 Å². The molecule has 24 heavy (non-hydrogen) atoms. The van der Waals surface area contributed by atoms with E-state index in [0.29, 0.717) is 5.69 Å². The summed E-state index contributed by atoms with van der Waals surface area (Å²) in [5.41, 5.74) is 9.63. The Labute approximate surface area is 139 Å². The Kier molecular flexibility index (Phi) is 6.06. The second-order valence-corrected chi connectivity index (χ2v) is 5.29. The minimum absolute atomic E-state index is 0.142. The monoisotopic (exact) mass is 334 g/mol. The fourth-order valence-electron chi connectivity index (χ4n) is 1.95. The number of alkyl halides is 2. The molecule has 0 radical (unpaired) electrons. The van der Waals surface area contributed by atoms with Gasteiger partial charge in [0.2, 0.25) is 5.88 Å². The smallest absolute Gasteiger partial charge is 0.272 e. The van der Waals surface area contributed by atoms with Crippen molar-refractivity contribution in [1.29, 1.82) is 0 Å². The van der Waals surface area contributed by atoms with Crippen molar-refractivity contribution in [2.75, 3.05) is 11.9 Å². The van der Waals surface area contributed by atoms with Crippen LogP contribution in [0.25, 0.3) is 0 Å². The van der Waals surface area contributed by atoms with Gasteiger partial charge in [-0.1, -0.05) is 12.1 Å². The van der Waals surface area contributed by atoms with E-state index in [0.717, 1.165) is 11.3 Å². The van der Waals surface area contributed by atoms with Gasteiger partial charge in [-0.25, -0.2) is 18.8 Å². The molecule has 0 spiro atoms. The lowest BCUT2D eigenvalue weighted by Crippen LogP contribution is -2.22. The molecule has 0 bridgehead atoms. The van der Waals surface area contributed by atoms with Crippen molar-refractivity contribution in [3.8, 4) is 5.88 Å². The summed E-state index contributed by atoms with van der Waals surface area (Å²) < 4.78 is 29.2. The molecule has 7 heteroatoms. The third-order valence-electron chi connectivity index (χ3n) is 3.33. The maximum Gasteiger partial charge on any atom is 0.272 e. The highest BCUT2D eigenvalue weighted by atomic mass is 19.3. The van der Waals surface area contributed by atoms with E-state index < -0.39 is 13.0 Å². The second kappa shape index (κ2) is 8.24. The molecule has 1 aromatic heterocycles. The number of nitrogens with two attached hydrogens (primary N) is 1. The largest absolute Gasteiger partial charge is 0.472 e. The number of hydrogen-bond acceptors (Lipinski definition) is 3. The maximum atomic E-state index is 12.1. The number of guanidine groups is 1. The van der Waals surface area contributed by atoms with E-state index in [1.165, 1.54) is 11.6 Å². The normalized spacial score (nSPS) is 11.6. The number of rotatable bonds is 6. The summed E-state index contributed by atoms with van der Waals surface area (Å²) in [6.45, 7) is 3.58. The van der Waals surface area contributed by atoms with Crippen LogP contribution in [0.4, 0.5) is 14.5 Å². The van der Waals surface area contributed by atoms with E-state index in [4.69, 9.17) is 10.5 Å². The first-order valence-electron chi connectivity index (χ1n) is 7.45. The van der Waals surface area contributed by atoms with Gasteiger partial charge < -0.3 is 15.8 Å². The summed E-state index contributed by atoms with van der Waals surface area (Å²) in [5, 5.41) is 3.00. The minimum Gasteiger partial charge on any atom is -0.472 e. The van der Waals surface area contributed by atoms with Crippen molar-refractivity contribution >= 4 is 11.6 Å². The number of ether oxygens (including phenoxy) is 1. The molecule has 1 heterocycles. The predicted octanol–water partition coefficient (Wildman–Crippen LogP) is 3.27. The van der Waals surface area contributed by atoms with Crippen molar-refractivity contribution in [3.05, 3.63) is 53.2 Å². The van der Waals surface area contributed by atoms with Crippen LogP contribution in [0, 0.1) is 13.8 Å². The Morgan fingerprint density at radius 3 is 2.75 bits per heavy atom. The van der Waals surface area contributed by atoms with Crippen molar-refractivity contribution < 1.29 is 13.5 Å². The van der Waals surface area contributed by atoms with E-state index in [1.54, 1.807) is 12.1 Å². The number of aromatic nitrogens is 1. The number of benzene rings is 1. The molecule has 3 N–H and O–H groups in total. The molecule has 0 aliphatic rings. The van der Waals surface area contributed by atoms with E-state index in [9.17, 15) is 8.78 Å². The lowest BCUT2D eigenvalue weighted by atomic mass is 10.1. The first kappa shape index (κ1) is 17.7. The molecule has 0 saturated carbocycles. The number of pyridine rings is 1. The number of hydrogen-bond donors (Lipinski definition) is 2. The van der Waals surface area contributed by atoms with E-state index in [-0.39, 0.29) is 18.4 Å². The minimum atomic E-state index is -2.54. The van der Waals surface area contributed by atoms with Crippen LogP contribution in [0.5, 0.6) is 5.88 Å². The molecule has 0 saturated heterocycles. The quantitative estimate of drug-likeness (QED) is 0.628. The van der Waals surface area contributed by atoms with E-state index in [2.05, 4.69) is 15.3 Å². The Morgan fingerprint density at radius 1 is 1.25 bits per heavy atom. The molecule has 0 aliphatic heterocycles. The van der Waals surface area contributed by atoms with Crippen LogP contribution in [0.15, 0.2) is 41.4 Å². The third kappa shape index (κ3) is 5.49. The highest BCUT2D eigenvalue weighted by Crippen LogP contribution is 2.14. The highest BCUT2D eigenvalue weighted by Gasteiger charge is 2.05. The standard InChI is InChI=1S/C17H20F2N4O/c1-11-6-7-13(8-12(11)2)23-17(20)21-9-14-4-3-5-16(22-14)24-10-15(18)19/h3-8,15H,9-10H2,1-2H3,(H3,20,21,23).